The van der Waals surface area contributed by atoms with Crippen LogP contribution in [-0.2, 0) is 9.84 Å². The van der Waals surface area contributed by atoms with Crippen molar-refractivity contribution in [2.45, 2.75) is 6.42 Å². The Kier molecular flexibility index (Phi) is 4.25. The Balaban J connectivity index is 2.22. The minimum absolute atomic E-state index is 0.0360. The van der Waals surface area contributed by atoms with E-state index in [1.54, 1.807) is 0 Å². The molecule has 0 atom stereocenters. The fourth-order valence-electron chi connectivity index (χ4n) is 1.98. The lowest BCUT2D eigenvalue weighted by Gasteiger charge is -2.20. The van der Waals surface area contributed by atoms with Gasteiger partial charge in [-0.05, 0) is 34.5 Å². The average molecular weight is 350 g/mol. The van der Waals surface area contributed by atoms with Gasteiger partial charge in [0.25, 0.3) is 5.91 Å². The molecular weight excluding hydrogens is 337 g/mol. The summed E-state index contributed by atoms with van der Waals surface area (Å²) in [5.41, 5.74) is 0.222. The van der Waals surface area contributed by atoms with E-state index in [-0.39, 0.29) is 34.0 Å². The molecule has 1 amide bonds. The van der Waals surface area contributed by atoms with Crippen molar-refractivity contribution >= 4 is 31.7 Å². The maximum atomic E-state index is 13.4. The van der Waals surface area contributed by atoms with E-state index in [9.17, 15) is 17.6 Å². The summed E-state index contributed by atoms with van der Waals surface area (Å²) in [5, 5.41) is 0. The molecule has 0 N–H and O–H groups in total. The lowest BCUT2D eigenvalue weighted by Crippen LogP contribution is -2.33. The number of halogens is 2. The van der Waals surface area contributed by atoms with Crippen LogP contribution in [0.4, 0.5) is 4.39 Å². The molecule has 7 heteroatoms. The van der Waals surface area contributed by atoms with E-state index >= 15 is 0 Å². The number of sulfone groups is 1. The first-order valence-electron chi connectivity index (χ1n) is 5.84. The Morgan fingerprint density at radius 2 is 2.00 bits per heavy atom. The molecule has 1 aliphatic rings. The van der Waals surface area contributed by atoms with Crippen molar-refractivity contribution < 1.29 is 17.6 Å². The molecule has 2 rings (SSSR count). The van der Waals surface area contributed by atoms with Crippen molar-refractivity contribution in [1.82, 2.24) is 4.90 Å². The second-order valence-corrected chi connectivity index (χ2v) is 7.50. The SMILES string of the molecule is O=C(c1cccc(F)c1Br)N1CCCS(=O)(=O)CC1. The predicted octanol–water partition coefficient (Wildman–Crippen LogP) is 1.85. The molecule has 0 spiro atoms. The van der Waals surface area contributed by atoms with Gasteiger partial charge < -0.3 is 4.90 Å². The molecule has 1 aliphatic heterocycles. The van der Waals surface area contributed by atoms with E-state index in [1.807, 2.05) is 0 Å². The second-order valence-electron chi connectivity index (χ2n) is 4.40. The zero-order chi connectivity index (χ0) is 14.0. The van der Waals surface area contributed by atoms with Crippen LogP contribution in [0.3, 0.4) is 0 Å². The topological polar surface area (TPSA) is 54.5 Å². The quantitative estimate of drug-likeness (QED) is 0.777. The average Bonchev–Trinajstić information content (AvgIpc) is 2.53. The third-order valence-electron chi connectivity index (χ3n) is 3.02. The number of nitrogens with zero attached hydrogens (tertiary/aromatic N) is 1. The summed E-state index contributed by atoms with van der Waals surface area (Å²) in [6, 6.07) is 4.24. The molecule has 1 saturated heterocycles. The predicted molar refractivity (Wildman–Crippen MR) is 73.3 cm³/mol. The van der Waals surface area contributed by atoms with Crippen LogP contribution in [0.2, 0.25) is 0 Å². The molecule has 1 aromatic carbocycles. The van der Waals surface area contributed by atoms with E-state index in [4.69, 9.17) is 0 Å². The maximum Gasteiger partial charge on any atom is 0.255 e. The number of rotatable bonds is 1. The number of hydrogen-bond donors (Lipinski definition) is 0. The van der Waals surface area contributed by atoms with Gasteiger partial charge in [-0.1, -0.05) is 6.07 Å². The highest BCUT2D eigenvalue weighted by atomic mass is 79.9. The Hall–Kier alpha value is -0.950. The van der Waals surface area contributed by atoms with Crippen molar-refractivity contribution in [3.05, 3.63) is 34.1 Å². The van der Waals surface area contributed by atoms with Crippen LogP contribution in [0, 0.1) is 5.82 Å². The van der Waals surface area contributed by atoms with E-state index in [0.717, 1.165) is 0 Å². The number of hydrogen-bond acceptors (Lipinski definition) is 3. The highest BCUT2D eigenvalue weighted by Gasteiger charge is 2.25. The molecule has 104 valence electrons. The van der Waals surface area contributed by atoms with Crippen molar-refractivity contribution in [2.24, 2.45) is 0 Å². The van der Waals surface area contributed by atoms with Crippen LogP contribution >= 0.6 is 15.9 Å². The molecule has 0 unspecified atom stereocenters. The lowest BCUT2D eigenvalue weighted by atomic mass is 10.2. The second kappa shape index (κ2) is 5.58. The normalized spacial score (nSPS) is 18.9. The summed E-state index contributed by atoms with van der Waals surface area (Å²) < 4.78 is 36.5. The van der Waals surface area contributed by atoms with Gasteiger partial charge in [-0.2, -0.15) is 0 Å². The van der Waals surface area contributed by atoms with Crippen molar-refractivity contribution in [2.75, 3.05) is 24.6 Å². The van der Waals surface area contributed by atoms with Crippen molar-refractivity contribution in [3.63, 3.8) is 0 Å². The highest BCUT2D eigenvalue weighted by molar-refractivity contribution is 9.10. The minimum Gasteiger partial charge on any atom is -0.338 e. The minimum atomic E-state index is -3.07. The van der Waals surface area contributed by atoms with E-state index in [1.165, 1.54) is 23.1 Å². The standard InChI is InChI=1S/C12H13BrFNO3S/c13-11-9(3-1-4-10(11)14)12(16)15-5-2-7-19(17,18)8-6-15/h1,3-4H,2,5-8H2. The fourth-order valence-corrected chi connectivity index (χ4v) is 3.69. The Morgan fingerprint density at radius 3 is 2.74 bits per heavy atom. The Bertz CT molecular complexity index is 603. The summed E-state index contributed by atoms with van der Waals surface area (Å²) in [6.45, 7) is 0.533. The zero-order valence-electron chi connectivity index (χ0n) is 10.1. The summed E-state index contributed by atoms with van der Waals surface area (Å²) >= 11 is 3.05. The molecule has 19 heavy (non-hydrogen) atoms. The van der Waals surface area contributed by atoms with Gasteiger partial charge in [0.2, 0.25) is 0 Å². The lowest BCUT2D eigenvalue weighted by molar-refractivity contribution is 0.0767. The Morgan fingerprint density at radius 1 is 1.26 bits per heavy atom. The first kappa shape index (κ1) is 14.5. The summed E-state index contributed by atoms with van der Waals surface area (Å²) in [5.74, 6) is -0.788. The number of carbonyl (C=O) groups is 1. The zero-order valence-corrected chi connectivity index (χ0v) is 12.5. The summed E-state index contributed by atoms with van der Waals surface area (Å²) in [6.07, 6.45) is 0.418. The fraction of sp³-hybridized carbons (Fsp3) is 0.417. The van der Waals surface area contributed by atoms with Gasteiger partial charge in [-0.15, -0.1) is 0 Å². The van der Waals surface area contributed by atoms with Crippen molar-refractivity contribution in [3.8, 4) is 0 Å². The molecular formula is C12H13BrFNO3S. The van der Waals surface area contributed by atoms with Crippen molar-refractivity contribution in [1.29, 1.82) is 0 Å². The largest absolute Gasteiger partial charge is 0.338 e. The molecule has 0 aromatic heterocycles. The van der Waals surface area contributed by atoms with Gasteiger partial charge in [-0.25, -0.2) is 12.8 Å². The van der Waals surface area contributed by atoms with E-state index in [0.29, 0.717) is 13.0 Å². The van der Waals surface area contributed by atoms with E-state index < -0.39 is 15.7 Å². The maximum absolute atomic E-state index is 13.4. The van der Waals surface area contributed by atoms with Gasteiger partial charge in [-0.3, -0.25) is 4.79 Å². The molecule has 4 nitrogen and oxygen atoms in total. The monoisotopic (exact) mass is 349 g/mol. The van der Waals surface area contributed by atoms with Gasteiger partial charge in [0.1, 0.15) is 5.82 Å². The molecule has 0 bridgehead atoms. The van der Waals surface area contributed by atoms with Gasteiger partial charge >= 0.3 is 0 Å². The first-order chi connectivity index (χ1) is 8.91. The molecule has 1 aromatic rings. The smallest absolute Gasteiger partial charge is 0.255 e. The molecule has 1 heterocycles. The van der Waals surface area contributed by atoms with Gasteiger partial charge in [0.05, 0.1) is 21.5 Å². The summed E-state index contributed by atoms with van der Waals surface area (Å²) in [7, 11) is -3.07. The first-order valence-corrected chi connectivity index (χ1v) is 8.46. The number of carbonyl (C=O) groups excluding carboxylic acids is 1. The third kappa shape index (κ3) is 3.33. The van der Waals surface area contributed by atoms with Gasteiger partial charge in [0, 0.05) is 13.1 Å². The molecule has 0 aliphatic carbocycles. The van der Waals surface area contributed by atoms with E-state index in [2.05, 4.69) is 15.9 Å². The molecule has 1 fully saturated rings. The number of amides is 1. The molecule has 0 radical (unpaired) electrons. The molecule has 0 saturated carbocycles. The van der Waals surface area contributed by atoms with Crippen LogP contribution in [0.15, 0.2) is 22.7 Å². The van der Waals surface area contributed by atoms with Crippen LogP contribution in [0.1, 0.15) is 16.8 Å². The van der Waals surface area contributed by atoms with Crippen LogP contribution in [-0.4, -0.2) is 43.8 Å². The van der Waals surface area contributed by atoms with Crippen LogP contribution in [0.25, 0.3) is 0 Å². The third-order valence-corrected chi connectivity index (χ3v) is 5.55. The summed E-state index contributed by atoms with van der Waals surface area (Å²) in [4.78, 5) is 13.7. The Labute approximate surface area is 119 Å². The van der Waals surface area contributed by atoms with Crippen LogP contribution in [0.5, 0.6) is 0 Å². The van der Waals surface area contributed by atoms with Gasteiger partial charge in [0.15, 0.2) is 9.84 Å². The van der Waals surface area contributed by atoms with Crippen LogP contribution < -0.4 is 0 Å². The highest BCUT2D eigenvalue weighted by Crippen LogP contribution is 2.22. The number of benzene rings is 1.